The van der Waals surface area contributed by atoms with E-state index in [0.717, 1.165) is 0 Å². The molecule has 0 amide bonds. The number of hydrogen-bond donors (Lipinski definition) is 5. The van der Waals surface area contributed by atoms with Crippen molar-refractivity contribution in [2.45, 2.75) is 11.6 Å². The number of nitrogen functional groups attached to an aromatic ring is 2. The van der Waals surface area contributed by atoms with Crippen LogP contribution in [-0.4, -0.2) is 16.7 Å². The molecule has 6 heteroatoms. The third-order valence-electron chi connectivity index (χ3n) is 2.93. The van der Waals surface area contributed by atoms with Crippen molar-refractivity contribution in [1.82, 2.24) is 0 Å². The lowest BCUT2D eigenvalue weighted by Gasteiger charge is -2.05. The first-order chi connectivity index (χ1) is 7.34. The summed E-state index contributed by atoms with van der Waals surface area (Å²) in [6.45, 7) is 0. The van der Waals surface area contributed by atoms with Gasteiger partial charge >= 0.3 is 5.97 Å². The number of hydrogen-bond acceptors (Lipinski definition) is 5. The smallest absolute Gasteiger partial charge is 0.310 e. The minimum absolute atomic E-state index is 0.434. The Kier molecular flexibility index (Phi) is 2.08. The van der Waals surface area contributed by atoms with Gasteiger partial charge in [0.05, 0.1) is 11.6 Å². The number of benzene rings is 1. The lowest BCUT2D eigenvalue weighted by molar-refractivity contribution is -0.139. The molecule has 6 nitrogen and oxygen atoms in total. The quantitative estimate of drug-likeness (QED) is 0.329. The van der Waals surface area contributed by atoms with Gasteiger partial charge in [-0.25, -0.2) is 0 Å². The molecule has 0 radical (unpaired) electrons. The predicted octanol–water partition coefficient (Wildman–Crippen LogP) is -0.737. The summed E-state index contributed by atoms with van der Waals surface area (Å²) in [5, 5.41) is 8.94. The second-order valence-electron chi connectivity index (χ2n) is 4.23. The average Bonchev–Trinajstić information content (AvgIpc) is 2.67. The Balaban J connectivity index is 2.37. The van der Waals surface area contributed by atoms with E-state index in [1.165, 1.54) is 0 Å². The molecule has 0 heterocycles. The zero-order chi connectivity index (χ0) is 12.1. The van der Waals surface area contributed by atoms with Crippen LogP contribution < -0.4 is 22.9 Å². The van der Waals surface area contributed by atoms with E-state index in [2.05, 4.69) is 0 Å². The lowest BCUT2D eigenvalue weighted by atomic mass is 10.1. The molecule has 2 rings (SSSR count). The highest BCUT2D eigenvalue weighted by molar-refractivity contribution is 5.79. The monoisotopic (exact) mass is 222 g/mol. The second-order valence-corrected chi connectivity index (χ2v) is 4.23. The van der Waals surface area contributed by atoms with Crippen molar-refractivity contribution in [2.24, 2.45) is 17.4 Å². The minimum Gasteiger partial charge on any atom is -0.481 e. The van der Waals surface area contributed by atoms with Crippen LogP contribution in [0.15, 0.2) is 18.2 Å². The summed E-state index contributed by atoms with van der Waals surface area (Å²) >= 11 is 0. The minimum atomic E-state index is -1.22. The number of carboxylic acid groups (broad SMARTS) is 1. The van der Waals surface area contributed by atoms with Gasteiger partial charge in [0.15, 0.2) is 0 Å². The molecule has 2 atom stereocenters. The van der Waals surface area contributed by atoms with Gasteiger partial charge in [0.2, 0.25) is 0 Å². The van der Waals surface area contributed by atoms with Crippen LogP contribution in [0, 0.1) is 5.92 Å². The summed E-state index contributed by atoms with van der Waals surface area (Å²) < 4.78 is 0. The van der Waals surface area contributed by atoms with Gasteiger partial charge in [-0.05, 0) is 23.8 Å². The number of anilines is 2. The molecule has 1 aliphatic carbocycles. The van der Waals surface area contributed by atoms with Crippen molar-refractivity contribution in [3.05, 3.63) is 23.8 Å². The van der Waals surface area contributed by atoms with Crippen LogP contribution in [0.5, 0.6) is 0 Å². The maximum atomic E-state index is 10.9. The molecule has 0 saturated heterocycles. The molecular weight excluding hydrogens is 208 g/mol. The van der Waals surface area contributed by atoms with Gasteiger partial charge in [-0.1, -0.05) is 0 Å². The molecule has 0 bridgehead atoms. The van der Waals surface area contributed by atoms with Crippen molar-refractivity contribution in [3.8, 4) is 0 Å². The third kappa shape index (κ3) is 1.48. The van der Waals surface area contributed by atoms with Gasteiger partial charge in [0.1, 0.15) is 0 Å². The predicted molar refractivity (Wildman–Crippen MR) is 60.2 cm³/mol. The zero-order valence-corrected chi connectivity index (χ0v) is 8.55. The van der Waals surface area contributed by atoms with E-state index in [1.807, 2.05) is 0 Å². The van der Waals surface area contributed by atoms with Crippen molar-refractivity contribution in [2.75, 3.05) is 11.5 Å². The maximum absolute atomic E-state index is 10.9. The third-order valence-corrected chi connectivity index (χ3v) is 2.93. The van der Waals surface area contributed by atoms with E-state index in [9.17, 15) is 4.79 Å². The Morgan fingerprint density at radius 3 is 2.06 bits per heavy atom. The average molecular weight is 222 g/mol. The summed E-state index contributed by atoms with van der Waals surface area (Å²) in [6.07, 6.45) is 0. The number of aliphatic carboxylic acids is 1. The van der Waals surface area contributed by atoms with E-state index in [0.29, 0.717) is 16.9 Å². The standard InChI is InChI=1S/C10H14N4O2/c11-5-1-4(2-6(12)3-5)7-8(9(15)16)10(7,13)14/h1-3,7-8H,11-14H2,(H,15,16). The van der Waals surface area contributed by atoms with Crippen molar-refractivity contribution in [1.29, 1.82) is 0 Å². The normalized spacial score (nSPS) is 26.4. The summed E-state index contributed by atoms with van der Waals surface area (Å²) in [5.74, 6) is -2.22. The molecule has 1 aromatic carbocycles. The topological polar surface area (TPSA) is 141 Å². The summed E-state index contributed by atoms with van der Waals surface area (Å²) in [4.78, 5) is 10.9. The Hall–Kier alpha value is -1.79. The van der Waals surface area contributed by atoms with Crippen LogP contribution in [0.2, 0.25) is 0 Å². The summed E-state index contributed by atoms with van der Waals surface area (Å²) in [6, 6.07) is 4.90. The van der Waals surface area contributed by atoms with Crippen LogP contribution in [0.1, 0.15) is 11.5 Å². The van der Waals surface area contributed by atoms with E-state index in [-0.39, 0.29) is 0 Å². The highest BCUT2D eigenvalue weighted by atomic mass is 16.4. The Morgan fingerprint density at radius 1 is 1.19 bits per heavy atom. The molecule has 0 aliphatic heterocycles. The Morgan fingerprint density at radius 2 is 1.69 bits per heavy atom. The van der Waals surface area contributed by atoms with Crippen LogP contribution in [0.25, 0.3) is 0 Å². The van der Waals surface area contributed by atoms with Crippen molar-refractivity contribution < 1.29 is 9.90 Å². The van der Waals surface area contributed by atoms with Crippen LogP contribution in [0.4, 0.5) is 11.4 Å². The van der Waals surface area contributed by atoms with Gasteiger partial charge in [-0.2, -0.15) is 0 Å². The Bertz CT molecular complexity index is 438. The molecule has 1 fully saturated rings. The highest BCUT2D eigenvalue weighted by Crippen LogP contribution is 2.52. The number of rotatable bonds is 2. The molecule has 0 spiro atoms. The second kappa shape index (κ2) is 3.10. The largest absolute Gasteiger partial charge is 0.481 e. The van der Waals surface area contributed by atoms with E-state index in [1.54, 1.807) is 18.2 Å². The van der Waals surface area contributed by atoms with Gasteiger partial charge in [0.25, 0.3) is 0 Å². The fourth-order valence-corrected chi connectivity index (χ4v) is 2.15. The molecule has 1 aliphatic rings. The number of carboxylic acids is 1. The fourth-order valence-electron chi connectivity index (χ4n) is 2.15. The van der Waals surface area contributed by atoms with E-state index in [4.69, 9.17) is 28.0 Å². The molecule has 0 aromatic heterocycles. The van der Waals surface area contributed by atoms with Crippen LogP contribution >= 0.6 is 0 Å². The van der Waals surface area contributed by atoms with Gasteiger partial charge in [0, 0.05) is 17.3 Å². The number of nitrogens with two attached hydrogens (primary N) is 4. The Labute approximate surface area is 92.2 Å². The maximum Gasteiger partial charge on any atom is 0.310 e. The first-order valence-corrected chi connectivity index (χ1v) is 4.80. The molecule has 86 valence electrons. The van der Waals surface area contributed by atoms with Gasteiger partial charge in [-0.3, -0.25) is 4.79 Å². The highest BCUT2D eigenvalue weighted by Gasteiger charge is 2.65. The lowest BCUT2D eigenvalue weighted by Crippen LogP contribution is -2.38. The molecule has 2 unspecified atom stereocenters. The first kappa shape index (κ1) is 10.7. The van der Waals surface area contributed by atoms with Crippen molar-refractivity contribution >= 4 is 17.3 Å². The van der Waals surface area contributed by atoms with E-state index >= 15 is 0 Å². The first-order valence-electron chi connectivity index (χ1n) is 4.80. The molecular formula is C10H14N4O2. The van der Waals surface area contributed by atoms with Crippen LogP contribution in [0.3, 0.4) is 0 Å². The fraction of sp³-hybridized carbons (Fsp3) is 0.300. The summed E-state index contributed by atoms with van der Waals surface area (Å²) in [5.41, 5.74) is 23.1. The van der Waals surface area contributed by atoms with Gasteiger partial charge in [-0.15, -0.1) is 0 Å². The molecule has 16 heavy (non-hydrogen) atoms. The summed E-state index contributed by atoms with van der Waals surface area (Å²) in [7, 11) is 0. The van der Waals surface area contributed by atoms with Crippen molar-refractivity contribution in [3.63, 3.8) is 0 Å². The van der Waals surface area contributed by atoms with Crippen LogP contribution in [-0.2, 0) is 4.79 Å². The molecule has 1 aromatic rings. The SMILES string of the molecule is Nc1cc(N)cc(C2C(C(=O)O)C2(N)N)c1. The molecule has 9 N–H and O–H groups in total. The zero-order valence-electron chi connectivity index (χ0n) is 8.55. The number of carbonyl (C=O) groups is 1. The van der Waals surface area contributed by atoms with E-state index < -0.39 is 23.5 Å². The molecule has 1 saturated carbocycles. The van der Waals surface area contributed by atoms with Gasteiger partial charge < -0.3 is 28.0 Å².